The van der Waals surface area contributed by atoms with Crippen LogP contribution in [0, 0.1) is 5.92 Å². The Kier molecular flexibility index (Phi) is 2.55. The van der Waals surface area contributed by atoms with Crippen molar-refractivity contribution in [3.05, 3.63) is 0 Å². The van der Waals surface area contributed by atoms with Crippen LogP contribution in [-0.4, -0.2) is 25.8 Å². The molecule has 3 atom stereocenters. The Labute approximate surface area is 67.7 Å². The van der Waals surface area contributed by atoms with E-state index in [0.29, 0.717) is 12.1 Å². The number of fused-ring (bicyclic) bond motifs is 2. The molecule has 1 saturated carbocycles. The van der Waals surface area contributed by atoms with E-state index in [1.807, 2.05) is 7.11 Å². The molecule has 1 N–H and O–H groups in total. The lowest BCUT2D eigenvalue weighted by Crippen LogP contribution is -2.37. The van der Waals surface area contributed by atoms with Gasteiger partial charge in [-0.1, -0.05) is 0 Å². The molecule has 0 spiro atoms. The number of hydrogen-bond donors (Lipinski definition) is 1. The highest BCUT2D eigenvalue weighted by Gasteiger charge is 2.39. The van der Waals surface area contributed by atoms with Crippen molar-refractivity contribution in [1.82, 2.24) is 5.32 Å². The SMILES string of the molecule is CO[C@@H]1C[C@H]2CN[C@@H]1C2.Cl. The first-order valence-corrected chi connectivity index (χ1v) is 3.66. The maximum Gasteiger partial charge on any atom is 0.0727 e. The highest BCUT2D eigenvalue weighted by Crippen LogP contribution is 2.32. The van der Waals surface area contributed by atoms with Crippen LogP contribution in [0.25, 0.3) is 0 Å². The van der Waals surface area contributed by atoms with Crippen molar-refractivity contribution in [3.63, 3.8) is 0 Å². The molecule has 3 heteroatoms. The van der Waals surface area contributed by atoms with Crippen LogP contribution in [0.2, 0.25) is 0 Å². The van der Waals surface area contributed by atoms with Crippen molar-refractivity contribution >= 4 is 12.4 Å². The number of hydrogen-bond acceptors (Lipinski definition) is 2. The third kappa shape index (κ3) is 1.16. The van der Waals surface area contributed by atoms with Gasteiger partial charge in [0.2, 0.25) is 0 Å². The van der Waals surface area contributed by atoms with Crippen LogP contribution in [-0.2, 0) is 4.74 Å². The first-order valence-electron chi connectivity index (χ1n) is 3.66. The first-order chi connectivity index (χ1) is 4.40. The van der Waals surface area contributed by atoms with Crippen molar-refractivity contribution in [1.29, 1.82) is 0 Å². The van der Waals surface area contributed by atoms with Crippen molar-refractivity contribution in [2.45, 2.75) is 25.0 Å². The third-order valence-corrected chi connectivity index (χ3v) is 2.57. The van der Waals surface area contributed by atoms with Gasteiger partial charge in [0.05, 0.1) is 6.10 Å². The van der Waals surface area contributed by atoms with Crippen molar-refractivity contribution in [2.24, 2.45) is 5.92 Å². The molecule has 2 bridgehead atoms. The molecule has 0 amide bonds. The van der Waals surface area contributed by atoms with E-state index in [-0.39, 0.29) is 12.4 Å². The first kappa shape index (κ1) is 8.31. The molecule has 0 aromatic carbocycles. The van der Waals surface area contributed by atoms with Gasteiger partial charge < -0.3 is 10.1 Å². The molecule has 0 radical (unpaired) electrons. The van der Waals surface area contributed by atoms with Crippen LogP contribution in [0.15, 0.2) is 0 Å². The van der Waals surface area contributed by atoms with Gasteiger partial charge in [0.25, 0.3) is 0 Å². The second-order valence-corrected chi connectivity index (χ2v) is 3.13. The fourth-order valence-electron chi connectivity index (χ4n) is 2.06. The lowest BCUT2D eigenvalue weighted by atomic mass is 10.1. The molecule has 60 valence electrons. The van der Waals surface area contributed by atoms with Crippen molar-refractivity contribution in [2.75, 3.05) is 13.7 Å². The van der Waals surface area contributed by atoms with Crippen molar-refractivity contribution in [3.8, 4) is 0 Å². The zero-order valence-corrected chi connectivity index (χ0v) is 6.99. The average molecular weight is 164 g/mol. The molecule has 2 rings (SSSR count). The molecular weight excluding hydrogens is 150 g/mol. The molecule has 1 aliphatic carbocycles. The molecule has 1 aliphatic heterocycles. The summed E-state index contributed by atoms with van der Waals surface area (Å²) in [5.74, 6) is 0.917. The Bertz CT molecular complexity index is 120. The van der Waals surface area contributed by atoms with Crippen LogP contribution >= 0.6 is 12.4 Å². The number of nitrogens with one attached hydrogen (secondary N) is 1. The lowest BCUT2D eigenvalue weighted by Gasteiger charge is -2.20. The van der Waals surface area contributed by atoms with Gasteiger partial charge in [-0.15, -0.1) is 12.4 Å². The second kappa shape index (κ2) is 3.07. The van der Waals surface area contributed by atoms with E-state index >= 15 is 0 Å². The zero-order chi connectivity index (χ0) is 6.27. The molecule has 0 aromatic rings. The van der Waals surface area contributed by atoms with Crippen molar-refractivity contribution < 1.29 is 4.74 Å². The smallest absolute Gasteiger partial charge is 0.0727 e. The highest BCUT2D eigenvalue weighted by atomic mass is 35.5. The predicted octanol–water partition coefficient (Wildman–Crippen LogP) is 0.805. The Morgan fingerprint density at radius 2 is 2.20 bits per heavy atom. The van der Waals surface area contributed by atoms with E-state index in [4.69, 9.17) is 4.74 Å². The average Bonchev–Trinajstić information content (AvgIpc) is 2.45. The van der Waals surface area contributed by atoms with Crippen LogP contribution in [0.4, 0.5) is 0 Å². The Hall–Kier alpha value is 0.210. The minimum atomic E-state index is 0. The summed E-state index contributed by atoms with van der Waals surface area (Å²) in [6, 6.07) is 0.681. The van der Waals surface area contributed by atoms with Crippen LogP contribution in [0.3, 0.4) is 0 Å². The van der Waals surface area contributed by atoms with E-state index in [1.54, 1.807) is 0 Å². The summed E-state index contributed by atoms with van der Waals surface area (Å²) in [5.41, 5.74) is 0. The van der Waals surface area contributed by atoms with E-state index in [0.717, 1.165) is 5.92 Å². The monoisotopic (exact) mass is 163 g/mol. The minimum Gasteiger partial charge on any atom is -0.380 e. The third-order valence-electron chi connectivity index (χ3n) is 2.57. The number of ether oxygens (including phenoxy) is 1. The van der Waals surface area contributed by atoms with Gasteiger partial charge in [-0.25, -0.2) is 0 Å². The standard InChI is InChI=1S/C7H13NO.ClH/c1-9-7-3-5-2-6(7)8-4-5;/h5-8H,2-4H2,1H3;1H/t5-,6+,7+;/m0./s1. The summed E-state index contributed by atoms with van der Waals surface area (Å²) >= 11 is 0. The van der Waals surface area contributed by atoms with E-state index in [2.05, 4.69) is 5.32 Å². The normalized spacial score (nSPS) is 43.5. The number of methoxy groups -OCH3 is 1. The maximum atomic E-state index is 5.28. The fourth-order valence-corrected chi connectivity index (χ4v) is 2.06. The van der Waals surface area contributed by atoms with Gasteiger partial charge in [0, 0.05) is 13.2 Å². The Balaban J connectivity index is 0.000000500. The van der Waals surface area contributed by atoms with Gasteiger partial charge in [0.1, 0.15) is 0 Å². The van der Waals surface area contributed by atoms with Crippen LogP contribution < -0.4 is 5.32 Å². The van der Waals surface area contributed by atoms with Gasteiger partial charge >= 0.3 is 0 Å². The van der Waals surface area contributed by atoms with Gasteiger partial charge in [0.15, 0.2) is 0 Å². The van der Waals surface area contributed by atoms with E-state index < -0.39 is 0 Å². The maximum absolute atomic E-state index is 5.28. The summed E-state index contributed by atoms with van der Waals surface area (Å²) in [4.78, 5) is 0. The van der Waals surface area contributed by atoms with Gasteiger partial charge in [-0.2, -0.15) is 0 Å². The zero-order valence-electron chi connectivity index (χ0n) is 6.17. The summed E-state index contributed by atoms with van der Waals surface area (Å²) in [6.45, 7) is 1.23. The number of rotatable bonds is 1. The lowest BCUT2D eigenvalue weighted by molar-refractivity contribution is 0.0738. The largest absolute Gasteiger partial charge is 0.380 e. The fraction of sp³-hybridized carbons (Fsp3) is 1.00. The van der Waals surface area contributed by atoms with Crippen LogP contribution in [0.1, 0.15) is 12.8 Å². The quantitative estimate of drug-likeness (QED) is 0.618. The van der Waals surface area contributed by atoms with E-state index in [1.165, 1.54) is 19.4 Å². The molecule has 2 nitrogen and oxygen atoms in total. The second-order valence-electron chi connectivity index (χ2n) is 3.13. The molecule has 2 aliphatic rings. The molecule has 0 unspecified atom stereocenters. The van der Waals surface area contributed by atoms with E-state index in [9.17, 15) is 0 Å². The molecule has 2 fully saturated rings. The number of halogens is 1. The van der Waals surface area contributed by atoms with Gasteiger partial charge in [-0.05, 0) is 25.3 Å². The van der Waals surface area contributed by atoms with Gasteiger partial charge in [-0.3, -0.25) is 0 Å². The molecule has 0 aromatic heterocycles. The summed E-state index contributed by atoms with van der Waals surface area (Å²) in [7, 11) is 1.81. The Morgan fingerprint density at radius 3 is 2.50 bits per heavy atom. The van der Waals surface area contributed by atoms with Crippen LogP contribution in [0.5, 0.6) is 0 Å². The highest BCUT2D eigenvalue weighted by molar-refractivity contribution is 5.85. The molecule has 1 saturated heterocycles. The summed E-state index contributed by atoms with van der Waals surface area (Å²) < 4.78 is 5.28. The summed E-state index contributed by atoms with van der Waals surface area (Å²) in [5, 5.41) is 3.43. The molecule has 10 heavy (non-hydrogen) atoms. The predicted molar refractivity (Wildman–Crippen MR) is 42.6 cm³/mol. The molecule has 1 heterocycles. The number of piperidine rings is 1. The Morgan fingerprint density at radius 1 is 1.40 bits per heavy atom. The summed E-state index contributed by atoms with van der Waals surface area (Å²) in [6.07, 6.45) is 3.15. The topological polar surface area (TPSA) is 21.3 Å². The molecular formula is C7H14ClNO. The minimum absolute atomic E-state index is 0.